The van der Waals surface area contributed by atoms with Gasteiger partial charge in [-0.1, -0.05) is 74.0 Å². The molecule has 2 amide bonds. The number of carbonyl (C=O) groups excluding carboxylic acids is 2. The summed E-state index contributed by atoms with van der Waals surface area (Å²) in [6.07, 6.45) is 2.58. The molecular weight excluding hydrogens is 348 g/mol. The molecule has 0 aromatic heterocycles. The molecule has 0 heterocycles. The lowest BCUT2D eigenvalue weighted by Crippen LogP contribution is -2.50. The maximum Gasteiger partial charge on any atom is 0.243 e. The van der Waals surface area contributed by atoms with Crippen molar-refractivity contribution in [2.45, 2.75) is 59.0 Å². The summed E-state index contributed by atoms with van der Waals surface area (Å²) in [5.41, 5.74) is 3.27. The highest BCUT2D eigenvalue weighted by Gasteiger charge is 2.29. The molecule has 0 radical (unpaired) electrons. The standard InChI is InChI=1S/C24H32N2O2/c1-4-9-23(27)26(18-21-14-12-19(3)13-15-21)22(24(28)25-16-5-2)17-20-10-7-6-8-11-20/h6-8,10-15,22H,4-5,9,16-18H2,1-3H3,(H,25,28). The average Bonchev–Trinajstić information content (AvgIpc) is 2.71. The number of rotatable bonds is 10. The molecule has 0 aliphatic heterocycles. The molecule has 2 aromatic carbocycles. The zero-order valence-corrected chi connectivity index (χ0v) is 17.3. The predicted octanol–water partition coefficient (Wildman–Crippen LogP) is 4.26. The fraction of sp³-hybridized carbons (Fsp3) is 0.417. The molecule has 150 valence electrons. The van der Waals surface area contributed by atoms with Crippen LogP contribution in [0.15, 0.2) is 54.6 Å². The minimum absolute atomic E-state index is 0.0238. The number of hydrogen-bond acceptors (Lipinski definition) is 2. The fourth-order valence-electron chi connectivity index (χ4n) is 3.17. The topological polar surface area (TPSA) is 49.4 Å². The summed E-state index contributed by atoms with van der Waals surface area (Å²) >= 11 is 0. The largest absolute Gasteiger partial charge is 0.354 e. The zero-order valence-electron chi connectivity index (χ0n) is 17.3. The van der Waals surface area contributed by atoms with Gasteiger partial charge < -0.3 is 10.2 Å². The van der Waals surface area contributed by atoms with E-state index in [1.165, 1.54) is 5.56 Å². The molecule has 0 aliphatic carbocycles. The van der Waals surface area contributed by atoms with E-state index in [-0.39, 0.29) is 11.8 Å². The van der Waals surface area contributed by atoms with E-state index in [0.29, 0.717) is 25.9 Å². The van der Waals surface area contributed by atoms with Crippen molar-refractivity contribution >= 4 is 11.8 Å². The molecule has 1 N–H and O–H groups in total. The Morgan fingerprint density at radius 3 is 2.21 bits per heavy atom. The lowest BCUT2D eigenvalue weighted by molar-refractivity contribution is -0.141. The van der Waals surface area contributed by atoms with Crippen LogP contribution in [-0.4, -0.2) is 29.3 Å². The van der Waals surface area contributed by atoms with Gasteiger partial charge in [0.1, 0.15) is 6.04 Å². The Kier molecular flexibility index (Phi) is 8.73. The molecular formula is C24H32N2O2. The molecule has 0 fully saturated rings. The molecule has 1 atom stereocenters. The third kappa shape index (κ3) is 6.52. The molecule has 1 unspecified atom stereocenters. The summed E-state index contributed by atoms with van der Waals surface area (Å²) in [6.45, 7) is 7.12. The second-order valence-electron chi connectivity index (χ2n) is 7.25. The smallest absolute Gasteiger partial charge is 0.243 e. The SMILES string of the molecule is CCCNC(=O)C(Cc1ccccc1)N(Cc1ccc(C)cc1)C(=O)CCC. The van der Waals surface area contributed by atoms with Crippen molar-refractivity contribution in [3.8, 4) is 0 Å². The van der Waals surface area contributed by atoms with Gasteiger partial charge in [-0.2, -0.15) is 0 Å². The molecule has 28 heavy (non-hydrogen) atoms. The molecule has 2 aromatic rings. The summed E-state index contributed by atoms with van der Waals surface area (Å²) < 4.78 is 0. The predicted molar refractivity (Wildman–Crippen MR) is 114 cm³/mol. The van der Waals surface area contributed by atoms with Gasteiger partial charge in [0.15, 0.2) is 0 Å². The van der Waals surface area contributed by atoms with E-state index in [1.807, 2.05) is 75.4 Å². The van der Waals surface area contributed by atoms with Crippen molar-refractivity contribution in [2.75, 3.05) is 6.54 Å². The summed E-state index contributed by atoms with van der Waals surface area (Å²) in [5, 5.41) is 2.99. The van der Waals surface area contributed by atoms with Gasteiger partial charge in [-0.05, 0) is 30.9 Å². The van der Waals surface area contributed by atoms with Gasteiger partial charge in [0.25, 0.3) is 0 Å². The second kappa shape index (κ2) is 11.3. The first-order chi connectivity index (χ1) is 13.5. The van der Waals surface area contributed by atoms with E-state index >= 15 is 0 Å². The average molecular weight is 381 g/mol. The van der Waals surface area contributed by atoms with Crippen molar-refractivity contribution < 1.29 is 9.59 Å². The van der Waals surface area contributed by atoms with E-state index in [4.69, 9.17) is 0 Å². The van der Waals surface area contributed by atoms with Crippen molar-refractivity contribution in [3.63, 3.8) is 0 Å². The Labute approximate surface area is 169 Å². The van der Waals surface area contributed by atoms with Crippen molar-refractivity contribution in [1.29, 1.82) is 0 Å². The van der Waals surface area contributed by atoms with Crippen LogP contribution in [0.1, 0.15) is 49.8 Å². The maximum absolute atomic E-state index is 13.0. The number of benzene rings is 2. The second-order valence-corrected chi connectivity index (χ2v) is 7.25. The highest BCUT2D eigenvalue weighted by molar-refractivity contribution is 5.88. The van der Waals surface area contributed by atoms with Crippen LogP contribution in [0, 0.1) is 6.92 Å². The highest BCUT2D eigenvalue weighted by atomic mass is 16.2. The molecule has 0 saturated heterocycles. The third-order valence-corrected chi connectivity index (χ3v) is 4.76. The lowest BCUT2D eigenvalue weighted by atomic mass is 10.0. The van der Waals surface area contributed by atoms with Crippen LogP contribution >= 0.6 is 0 Å². The van der Waals surface area contributed by atoms with E-state index in [1.54, 1.807) is 4.90 Å². The third-order valence-electron chi connectivity index (χ3n) is 4.76. The molecule has 0 aliphatic rings. The van der Waals surface area contributed by atoms with Crippen LogP contribution in [0.2, 0.25) is 0 Å². The summed E-state index contributed by atoms with van der Waals surface area (Å²) in [6, 6.07) is 17.5. The van der Waals surface area contributed by atoms with Gasteiger partial charge in [-0.3, -0.25) is 9.59 Å². The van der Waals surface area contributed by atoms with Crippen LogP contribution in [0.25, 0.3) is 0 Å². The van der Waals surface area contributed by atoms with E-state index < -0.39 is 6.04 Å². The normalized spacial score (nSPS) is 11.7. The van der Waals surface area contributed by atoms with Gasteiger partial charge >= 0.3 is 0 Å². The highest BCUT2D eigenvalue weighted by Crippen LogP contribution is 2.16. The molecule has 0 spiro atoms. The number of hydrogen-bond donors (Lipinski definition) is 1. The minimum Gasteiger partial charge on any atom is -0.354 e. The molecule has 4 nitrogen and oxygen atoms in total. The van der Waals surface area contributed by atoms with E-state index in [2.05, 4.69) is 5.32 Å². The number of aryl methyl sites for hydroxylation is 1. The number of nitrogens with zero attached hydrogens (tertiary/aromatic N) is 1. The van der Waals surface area contributed by atoms with Gasteiger partial charge in [-0.15, -0.1) is 0 Å². The molecule has 4 heteroatoms. The Morgan fingerprint density at radius 1 is 0.929 bits per heavy atom. The van der Waals surface area contributed by atoms with Crippen LogP contribution < -0.4 is 5.32 Å². The first-order valence-electron chi connectivity index (χ1n) is 10.2. The van der Waals surface area contributed by atoms with Crippen LogP contribution in [0.5, 0.6) is 0 Å². The first kappa shape index (κ1) is 21.7. The lowest BCUT2D eigenvalue weighted by Gasteiger charge is -2.31. The van der Waals surface area contributed by atoms with Crippen molar-refractivity contribution in [1.82, 2.24) is 10.2 Å². The van der Waals surface area contributed by atoms with Crippen LogP contribution in [0.3, 0.4) is 0 Å². The number of nitrogens with one attached hydrogen (secondary N) is 1. The van der Waals surface area contributed by atoms with Gasteiger partial charge in [-0.25, -0.2) is 0 Å². The van der Waals surface area contributed by atoms with Gasteiger partial charge in [0.2, 0.25) is 11.8 Å². The molecule has 0 saturated carbocycles. The Hall–Kier alpha value is -2.62. The number of amides is 2. The van der Waals surface area contributed by atoms with Crippen LogP contribution in [-0.2, 0) is 22.6 Å². The van der Waals surface area contributed by atoms with Gasteiger partial charge in [0.05, 0.1) is 0 Å². The first-order valence-corrected chi connectivity index (χ1v) is 10.2. The quantitative estimate of drug-likeness (QED) is 0.669. The van der Waals surface area contributed by atoms with Crippen molar-refractivity contribution in [2.24, 2.45) is 0 Å². The number of carbonyl (C=O) groups is 2. The summed E-state index contributed by atoms with van der Waals surface area (Å²) in [5.74, 6) is -0.0575. The maximum atomic E-state index is 13.0. The Morgan fingerprint density at radius 2 is 1.61 bits per heavy atom. The fourth-order valence-corrected chi connectivity index (χ4v) is 3.17. The summed E-state index contributed by atoms with van der Waals surface area (Å²) in [4.78, 5) is 27.7. The van der Waals surface area contributed by atoms with E-state index in [9.17, 15) is 9.59 Å². The summed E-state index contributed by atoms with van der Waals surface area (Å²) in [7, 11) is 0. The van der Waals surface area contributed by atoms with Crippen LogP contribution in [0.4, 0.5) is 0 Å². The molecule has 2 rings (SSSR count). The van der Waals surface area contributed by atoms with Crippen molar-refractivity contribution in [3.05, 3.63) is 71.3 Å². The monoisotopic (exact) mass is 380 g/mol. The zero-order chi connectivity index (χ0) is 20.4. The minimum atomic E-state index is -0.519. The molecule has 0 bridgehead atoms. The Bertz CT molecular complexity index is 741. The van der Waals surface area contributed by atoms with E-state index in [0.717, 1.165) is 24.0 Å². The Balaban J connectivity index is 2.32. The van der Waals surface area contributed by atoms with Gasteiger partial charge in [0, 0.05) is 25.9 Å².